The van der Waals surface area contributed by atoms with Crippen molar-refractivity contribution in [3.8, 4) is 5.75 Å². The van der Waals surface area contributed by atoms with E-state index in [2.05, 4.69) is 5.32 Å². The van der Waals surface area contributed by atoms with Crippen LogP contribution in [0.1, 0.15) is 40.2 Å². The van der Waals surface area contributed by atoms with Crippen molar-refractivity contribution >= 4 is 56.8 Å². The number of aliphatic imine (C=N–C) groups is 1. The Bertz CT molecular complexity index is 1880. The maximum absolute atomic E-state index is 13.6. The van der Waals surface area contributed by atoms with Crippen molar-refractivity contribution in [2.24, 2.45) is 16.5 Å². The number of rotatable bonds is 9. The van der Waals surface area contributed by atoms with E-state index >= 15 is 0 Å². The summed E-state index contributed by atoms with van der Waals surface area (Å²) in [6.45, 7) is 1.98. The van der Waals surface area contributed by atoms with Gasteiger partial charge < -0.3 is 30.8 Å². The number of amidine groups is 2. The van der Waals surface area contributed by atoms with Gasteiger partial charge in [-0.15, -0.1) is 11.3 Å². The van der Waals surface area contributed by atoms with Crippen LogP contribution in [0, 0.1) is 5.41 Å². The van der Waals surface area contributed by atoms with Crippen molar-refractivity contribution in [2.45, 2.75) is 31.5 Å². The minimum absolute atomic E-state index is 0.00907. The number of thiophene rings is 1. The number of carbonyl (C=O) groups is 2. The number of benzene rings is 3. The number of ether oxygens (including phenoxy) is 1. The van der Waals surface area contributed by atoms with E-state index < -0.39 is 6.04 Å². The number of nitrogens with zero attached hydrogens (tertiary/aromatic N) is 2. The third-order valence-corrected chi connectivity index (χ3v) is 8.80. The average Bonchev–Trinajstić information content (AvgIpc) is 3.77. The van der Waals surface area contributed by atoms with E-state index in [-0.39, 0.29) is 36.3 Å². The Labute approximate surface area is 257 Å². The van der Waals surface area contributed by atoms with Gasteiger partial charge in [-0.25, -0.2) is 0 Å². The van der Waals surface area contributed by atoms with Gasteiger partial charge in [0.2, 0.25) is 5.91 Å². The molecular formula is C33H32N6O4S. The molecule has 1 saturated heterocycles. The lowest BCUT2D eigenvalue weighted by molar-refractivity contribution is -0.130. The normalized spacial score (nSPS) is 17.6. The second kappa shape index (κ2) is 12.2. The molecule has 10 nitrogen and oxygen atoms in total. The summed E-state index contributed by atoms with van der Waals surface area (Å²) in [6.07, 6.45) is 0.137. The molecule has 1 fully saturated rings. The summed E-state index contributed by atoms with van der Waals surface area (Å²) in [6, 6.07) is 23.3. The van der Waals surface area contributed by atoms with Crippen LogP contribution in [0.15, 0.2) is 93.7 Å². The predicted molar refractivity (Wildman–Crippen MR) is 172 cm³/mol. The summed E-state index contributed by atoms with van der Waals surface area (Å²) in [7, 11) is 0. The Kier molecular flexibility index (Phi) is 8.03. The molecule has 0 bridgehead atoms. The molecule has 2 amide bonds. The van der Waals surface area contributed by atoms with Crippen molar-refractivity contribution < 1.29 is 18.7 Å². The molecule has 0 aliphatic carbocycles. The molecule has 3 atom stereocenters. The van der Waals surface area contributed by atoms with E-state index in [1.54, 1.807) is 23.1 Å². The number of furan rings is 1. The number of hydrogen-bond donors (Lipinski definition) is 4. The standard InChI is InChI=1S/C33H32N6O4S/c1-19(29-14-21(18-44-29)31(34)35)38-32(36)26-15-23(42-22-7-3-2-4-8-22)17-39(26)30(40)16-37-33(41)20-11-12-28-25(13-20)24-9-5-6-10-27(24)43-28/h2-14,18-19,23,26H,15-17H2,1H3,(H3,34,35)(H2,36,38)(H,37,41)/t19-,23-,26+/m1/s1. The zero-order valence-corrected chi connectivity index (χ0v) is 24.8. The highest BCUT2D eigenvalue weighted by Crippen LogP contribution is 2.30. The van der Waals surface area contributed by atoms with Gasteiger partial charge in [-0.2, -0.15) is 0 Å². The lowest BCUT2D eigenvalue weighted by atomic mass is 10.1. The van der Waals surface area contributed by atoms with Gasteiger partial charge in [0, 0.05) is 38.6 Å². The molecule has 0 radical (unpaired) electrons. The number of nitrogens with one attached hydrogen (secondary N) is 2. The van der Waals surface area contributed by atoms with Crippen LogP contribution in [0.2, 0.25) is 0 Å². The van der Waals surface area contributed by atoms with Crippen molar-refractivity contribution in [3.63, 3.8) is 0 Å². The van der Waals surface area contributed by atoms with E-state index in [1.165, 1.54) is 11.3 Å². The minimum Gasteiger partial charge on any atom is -0.488 e. The van der Waals surface area contributed by atoms with Crippen LogP contribution in [-0.4, -0.2) is 53.6 Å². The topological polar surface area (TPSA) is 160 Å². The average molecular weight is 609 g/mol. The van der Waals surface area contributed by atoms with Gasteiger partial charge in [0.25, 0.3) is 5.91 Å². The maximum atomic E-state index is 13.6. The molecule has 0 unspecified atom stereocenters. The van der Waals surface area contributed by atoms with Gasteiger partial charge in [0.15, 0.2) is 0 Å². The highest BCUT2D eigenvalue weighted by molar-refractivity contribution is 7.10. The van der Waals surface area contributed by atoms with Crippen molar-refractivity contribution in [3.05, 3.63) is 100 Å². The van der Waals surface area contributed by atoms with E-state index in [0.717, 1.165) is 21.2 Å². The number of likely N-dealkylation sites (tertiary alicyclic amines) is 1. The molecular weight excluding hydrogens is 576 g/mol. The first-order valence-corrected chi connectivity index (χ1v) is 15.1. The lowest BCUT2D eigenvalue weighted by Gasteiger charge is -2.24. The fourth-order valence-electron chi connectivity index (χ4n) is 5.44. The number of nitrogen functional groups attached to an aromatic ring is 1. The molecule has 1 aliphatic heterocycles. The van der Waals surface area contributed by atoms with Crippen LogP contribution in [0.3, 0.4) is 0 Å². The van der Waals surface area contributed by atoms with Crippen LogP contribution in [0.25, 0.3) is 21.9 Å². The van der Waals surface area contributed by atoms with Crippen LogP contribution in [0.4, 0.5) is 0 Å². The summed E-state index contributed by atoms with van der Waals surface area (Å²) in [5.41, 5.74) is 14.7. The van der Waals surface area contributed by atoms with Gasteiger partial charge in [-0.05, 0) is 49.4 Å². The molecule has 2 aromatic heterocycles. The quantitative estimate of drug-likeness (QED) is 0.139. The Morgan fingerprint density at radius 3 is 2.57 bits per heavy atom. The summed E-state index contributed by atoms with van der Waals surface area (Å²) < 4.78 is 12.0. The Morgan fingerprint density at radius 1 is 1.05 bits per heavy atom. The minimum atomic E-state index is -0.517. The van der Waals surface area contributed by atoms with E-state index in [1.807, 2.05) is 73.0 Å². The number of hydrogen-bond acceptors (Lipinski definition) is 7. The summed E-state index contributed by atoms with van der Waals surface area (Å²) in [5.74, 6) is 0.322. The van der Waals surface area contributed by atoms with Gasteiger partial charge in [-0.1, -0.05) is 36.4 Å². The first-order chi connectivity index (χ1) is 21.3. The number of nitrogens with two attached hydrogens (primary N) is 2. The summed E-state index contributed by atoms with van der Waals surface area (Å²) in [5, 5.41) is 14.0. The second-order valence-electron chi connectivity index (χ2n) is 10.7. The Hall–Kier alpha value is -5.16. The summed E-state index contributed by atoms with van der Waals surface area (Å²) >= 11 is 1.45. The lowest BCUT2D eigenvalue weighted by Crippen LogP contribution is -2.48. The third-order valence-electron chi connectivity index (χ3n) is 7.69. The first-order valence-electron chi connectivity index (χ1n) is 14.2. The fourth-order valence-corrected chi connectivity index (χ4v) is 6.35. The predicted octanol–water partition coefficient (Wildman–Crippen LogP) is 4.83. The molecule has 1 aliphatic rings. The molecule has 6 N–H and O–H groups in total. The number of para-hydroxylation sites is 2. The summed E-state index contributed by atoms with van der Waals surface area (Å²) in [4.78, 5) is 33.9. The number of carbonyl (C=O) groups excluding carboxylic acids is 2. The molecule has 11 heteroatoms. The molecule has 0 spiro atoms. The zero-order chi connectivity index (χ0) is 30.8. The Morgan fingerprint density at radius 2 is 1.80 bits per heavy atom. The van der Waals surface area contributed by atoms with Gasteiger partial charge >= 0.3 is 0 Å². The molecule has 6 rings (SSSR count). The van der Waals surface area contributed by atoms with Gasteiger partial charge in [0.1, 0.15) is 34.7 Å². The molecule has 224 valence electrons. The SMILES string of the molecule is C[C@@H](N=C(N)[C@@H]1C[C@@H](Oc2ccccc2)CN1C(=O)CNC(=O)c1ccc2oc3ccccc3c2c1)c1cc(C(=N)N)cs1. The van der Waals surface area contributed by atoms with Gasteiger partial charge in [-0.3, -0.25) is 20.0 Å². The van der Waals surface area contributed by atoms with Gasteiger partial charge in [0.05, 0.1) is 25.2 Å². The van der Waals surface area contributed by atoms with E-state index in [9.17, 15) is 9.59 Å². The van der Waals surface area contributed by atoms with Crippen molar-refractivity contribution in [1.29, 1.82) is 5.41 Å². The van der Waals surface area contributed by atoms with Crippen molar-refractivity contribution in [1.82, 2.24) is 10.2 Å². The molecule has 3 heterocycles. The number of fused-ring (bicyclic) bond motifs is 3. The second-order valence-corrected chi connectivity index (χ2v) is 11.7. The van der Waals surface area contributed by atoms with Crippen molar-refractivity contribution in [2.75, 3.05) is 13.1 Å². The zero-order valence-electron chi connectivity index (χ0n) is 24.0. The monoisotopic (exact) mass is 608 g/mol. The highest BCUT2D eigenvalue weighted by Gasteiger charge is 2.39. The molecule has 44 heavy (non-hydrogen) atoms. The Balaban J connectivity index is 1.18. The molecule has 0 saturated carbocycles. The smallest absolute Gasteiger partial charge is 0.251 e. The van der Waals surface area contributed by atoms with Crippen LogP contribution < -0.4 is 21.5 Å². The first kappa shape index (κ1) is 28.9. The third kappa shape index (κ3) is 6.00. The van der Waals surface area contributed by atoms with E-state index in [0.29, 0.717) is 41.3 Å². The largest absolute Gasteiger partial charge is 0.488 e. The van der Waals surface area contributed by atoms with E-state index in [4.69, 9.17) is 31.0 Å². The highest BCUT2D eigenvalue weighted by atomic mass is 32.1. The molecule has 5 aromatic rings. The molecule has 3 aromatic carbocycles. The number of amides is 2. The maximum Gasteiger partial charge on any atom is 0.251 e. The van der Waals surface area contributed by atoms with Crippen LogP contribution >= 0.6 is 11.3 Å². The fraction of sp³-hybridized carbons (Fsp3) is 0.212. The van der Waals surface area contributed by atoms with Crippen LogP contribution in [-0.2, 0) is 4.79 Å². The van der Waals surface area contributed by atoms with Crippen LogP contribution in [0.5, 0.6) is 5.75 Å².